The minimum Gasteiger partial charge on any atom is -0.460 e. The largest absolute Gasteiger partial charge is 0.460 e. The highest BCUT2D eigenvalue weighted by Crippen LogP contribution is 2.03. The van der Waals surface area contributed by atoms with Crippen LogP contribution in [-0.4, -0.2) is 18.4 Å². The van der Waals surface area contributed by atoms with Crippen LogP contribution in [0.25, 0.3) is 0 Å². The number of esters is 1. The first-order valence-electron chi connectivity index (χ1n) is 7.07. The summed E-state index contributed by atoms with van der Waals surface area (Å²) in [7, 11) is 0. The molecule has 0 saturated heterocycles. The second-order valence-electron chi connectivity index (χ2n) is 2.75. The Kier molecular flexibility index (Phi) is 2.41. The van der Waals surface area contributed by atoms with E-state index in [-0.39, 0.29) is 37.1 Å². The molecule has 0 heterocycles. The topological polar surface area (TPSA) is 43.4 Å². The molecule has 0 spiro atoms. The fraction of sp³-hybridized carbons (Fsp3) is 0.333. The number of hydrogen-bond acceptors (Lipinski definition) is 3. The number of carbonyl (C=O) groups is 2. The van der Waals surface area contributed by atoms with Crippen LogP contribution in [0.4, 0.5) is 0 Å². The summed E-state index contributed by atoms with van der Waals surface area (Å²) in [4.78, 5) is 22.6. The summed E-state index contributed by atoms with van der Waals surface area (Å²) in [5, 5.41) is 0. The highest BCUT2D eigenvalue weighted by molar-refractivity contribution is 6.33. The van der Waals surface area contributed by atoms with E-state index in [1.807, 2.05) is 0 Å². The van der Waals surface area contributed by atoms with Crippen molar-refractivity contribution in [2.45, 2.75) is 19.8 Å². The molecule has 0 bridgehead atoms. The van der Waals surface area contributed by atoms with Gasteiger partial charge in [0.1, 0.15) is 0 Å². The van der Waals surface area contributed by atoms with E-state index in [4.69, 9.17) is 6.85 Å². The molecule has 3 heteroatoms. The molecule has 1 aromatic carbocycles. The van der Waals surface area contributed by atoms with Crippen molar-refractivity contribution in [3.8, 4) is 0 Å². The lowest BCUT2D eigenvalue weighted by atomic mass is 10.1. The zero-order valence-corrected chi connectivity index (χ0v) is 8.35. The minimum absolute atomic E-state index is 0.0219. The molecule has 0 saturated carbocycles. The third-order valence-electron chi connectivity index (χ3n) is 1.66. The monoisotopic (exact) mass is 211 g/mol. The van der Waals surface area contributed by atoms with E-state index in [1.165, 1.54) is 0 Å². The van der Waals surface area contributed by atoms with Crippen molar-refractivity contribution in [1.82, 2.24) is 0 Å². The van der Waals surface area contributed by atoms with Gasteiger partial charge in [-0.05, 0) is 18.9 Å². The maximum atomic E-state index is 11.4. The van der Waals surface area contributed by atoms with Crippen LogP contribution >= 0.6 is 0 Å². The standard InChI is InChI=1S/C12H14O3/c1-2-15-12(14)11(13)9-8-10-6-4-3-5-7-10/h3-7H,2,8-9H2,1H3/i3D,4D,5D,6D,7D. The van der Waals surface area contributed by atoms with Crippen molar-refractivity contribution in [2.24, 2.45) is 0 Å². The molecule has 0 unspecified atom stereocenters. The maximum absolute atomic E-state index is 11.4. The molecule has 80 valence electrons. The summed E-state index contributed by atoms with van der Waals surface area (Å²) in [5.41, 5.74) is 0.0219. The predicted molar refractivity (Wildman–Crippen MR) is 56.4 cm³/mol. The SMILES string of the molecule is [2H]c1c([2H])c([2H])c(CCC(=O)C(=O)OCC)c([2H])c1[2H]. The average Bonchev–Trinajstić information content (AvgIpc) is 2.43. The summed E-state index contributed by atoms with van der Waals surface area (Å²) >= 11 is 0. The van der Waals surface area contributed by atoms with Crippen molar-refractivity contribution in [3.05, 3.63) is 35.8 Å². The number of hydrogen-bond donors (Lipinski definition) is 0. The Balaban J connectivity index is 2.95. The lowest BCUT2D eigenvalue weighted by molar-refractivity contribution is -0.153. The van der Waals surface area contributed by atoms with Crippen molar-refractivity contribution in [1.29, 1.82) is 0 Å². The zero-order chi connectivity index (χ0) is 15.4. The summed E-state index contributed by atoms with van der Waals surface area (Å²) in [6, 6.07) is -2.10. The molecule has 15 heavy (non-hydrogen) atoms. The third kappa shape index (κ3) is 3.94. The van der Waals surface area contributed by atoms with Crippen LogP contribution in [0, 0.1) is 0 Å². The Morgan fingerprint density at radius 2 is 2.00 bits per heavy atom. The number of benzene rings is 1. The van der Waals surface area contributed by atoms with Gasteiger partial charge in [-0.25, -0.2) is 4.79 Å². The maximum Gasteiger partial charge on any atom is 0.374 e. The Morgan fingerprint density at radius 3 is 2.60 bits per heavy atom. The zero-order valence-electron chi connectivity index (χ0n) is 13.3. The highest BCUT2D eigenvalue weighted by Gasteiger charge is 2.13. The molecule has 0 aliphatic carbocycles. The Hall–Kier alpha value is -1.64. The van der Waals surface area contributed by atoms with Crippen LogP contribution in [0.2, 0.25) is 0 Å². The molecule has 0 aliphatic heterocycles. The first-order valence-corrected chi connectivity index (χ1v) is 4.57. The number of carbonyl (C=O) groups excluding carboxylic acids is 2. The van der Waals surface area contributed by atoms with Crippen LogP contribution in [0.1, 0.15) is 25.8 Å². The van der Waals surface area contributed by atoms with E-state index < -0.39 is 29.9 Å². The molecular weight excluding hydrogens is 192 g/mol. The van der Waals surface area contributed by atoms with Crippen LogP contribution in [0.5, 0.6) is 0 Å². The second kappa shape index (κ2) is 5.96. The summed E-state index contributed by atoms with van der Waals surface area (Å²) in [6.45, 7) is 1.65. The number of rotatable bonds is 5. The van der Waals surface area contributed by atoms with Gasteiger partial charge >= 0.3 is 5.97 Å². The fourth-order valence-electron chi connectivity index (χ4n) is 0.953. The number of ketones is 1. The van der Waals surface area contributed by atoms with E-state index in [9.17, 15) is 9.59 Å². The number of Topliss-reactive ketones (excluding diaryl/α,β-unsaturated/α-hetero) is 1. The van der Waals surface area contributed by atoms with Gasteiger partial charge in [-0.2, -0.15) is 0 Å². The van der Waals surface area contributed by atoms with Gasteiger partial charge in [0.15, 0.2) is 0 Å². The molecule has 0 N–H and O–H groups in total. The normalized spacial score (nSPS) is 14.3. The van der Waals surface area contributed by atoms with Crippen molar-refractivity contribution in [2.75, 3.05) is 6.61 Å². The Labute approximate surface area is 96.1 Å². The van der Waals surface area contributed by atoms with Crippen LogP contribution < -0.4 is 0 Å². The molecule has 1 aromatic rings. The van der Waals surface area contributed by atoms with Gasteiger partial charge in [-0.15, -0.1) is 0 Å². The average molecular weight is 211 g/mol. The molecule has 0 radical (unpaired) electrons. The van der Waals surface area contributed by atoms with Crippen LogP contribution in [0.15, 0.2) is 30.2 Å². The lowest BCUT2D eigenvalue weighted by Gasteiger charge is -2.01. The second-order valence-corrected chi connectivity index (χ2v) is 2.75. The molecule has 1 rings (SSSR count). The Morgan fingerprint density at radius 1 is 1.33 bits per heavy atom. The quantitative estimate of drug-likeness (QED) is 0.550. The smallest absolute Gasteiger partial charge is 0.374 e. The van der Waals surface area contributed by atoms with Gasteiger partial charge < -0.3 is 4.74 Å². The first kappa shape index (κ1) is 6.05. The van der Waals surface area contributed by atoms with Crippen molar-refractivity contribution in [3.63, 3.8) is 0 Å². The Bertz CT molecular complexity index is 528. The molecule has 3 nitrogen and oxygen atoms in total. The van der Waals surface area contributed by atoms with Crippen LogP contribution in [-0.2, 0) is 20.7 Å². The predicted octanol–water partition coefficient (Wildman–Crippen LogP) is 1.75. The van der Waals surface area contributed by atoms with E-state index in [1.54, 1.807) is 6.92 Å². The van der Waals surface area contributed by atoms with Gasteiger partial charge in [0.05, 0.1) is 13.5 Å². The summed E-state index contributed by atoms with van der Waals surface area (Å²) in [5.74, 6) is -1.75. The van der Waals surface area contributed by atoms with Crippen molar-refractivity contribution >= 4 is 11.8 Å². The third-order valence-corrected chi connectivity index (χ3v) is 1.66. The van der Waals surface area contributed by atoms with Gasteiger partial charge in [0.25, 0.3) is 0 Å². The number of ether oxygens (including phenoxy) is 1. The fourth-order valence-corrected chi connectivity index (χ4v) is 0.953. The lowest BCUT2D eigenvalue weighted by Crippen LogP contribution is -2.17. The molecular formula is C12H14O3. The molecule has 0 aromatic heterocycles. The van der Waals surface area contributed by atoms with E-state index in [0.29, 0.717) is 0 Å². The van der Waals surface area contributed by atoms with Crippen molar-refractivity contribution < 1.29 is 21.2 Å². The molecule has 0 fully saturated rings. The van der Waals surface area contributed by atoms with E-state index in [2.05, 4.69) is 4.74 Å². The van der Waals surface area contributed by atoms with E-state index >= 15 is 0 Å². The minimum atomic E-state index is -0.972. The van der Waals surface area contributed by atoms with Gasteiger partial charge in [0, 0.05) is 6.42 Å². The van der Waals surface area contributed by atoms with Gasteiger partial charge in [0.2, 0.25) is 5.78 Å². The van der Waals surface area contributed by atoms with Gasteiger partial charge in [-0.3, -0.25) is 4.79 Å². The highest BCUT2D eigenvalue weighted by atomic mass is 16.5. The molecule has 0 aliphatic rings. The molecule has 0 amide bonds. The molecule has 0 atom stereocenters. The van der Waals surface area contributed by atoms with Crippen LogP contribution in [0.3, 0.4) is 0 Å². The van der Waals surface area contributed by atoms with E-state index in [0.717, 1.165) is 0 Å². The first-order chi connectivity index (χ1) is 9.31. The van der Waals surface area contributed by atoms with Gasteiger partial charge in [-0.1, -0.05) is 30.2 Å². The summed E-state index contributed by atoms with van der Waals surface area (Å²) < 4.78 is 42.3. The summed E-state index contributed by atoms with van der Waals surface area (Å²) in [6.07, 6.45) is -0.361.